The molecule has 0 aliphatic carbocycles. The van der Waals surface area contributed by atoms with Crippen molar-refractivity contribution in [3.63, 3.8) is 0 Å². The van der Waals surface area contributed by atoms with E-state index in [4.69, 9.17) is 14.6 Å². The number of rotatable bonds is 4. The molecule has 0 atom stereocenters. The summed E-state index contributed by atoms with van der Waals surface area (Å²) in [7, 11) is 0. The number of hydrogen-bond donors (Lipinski definition) is 1. The monoisotopic (exact) mass is 484 g/mol. The standard InChI is InChI=1S/C27H28N6O3/c1-17-24-18(2)33(21-6-4-3-5-7-21)31-25(24)26(30-29-17)32-12-10-19(11-13-32)27(34)28-20-8-9-22-23(16-20)36-15-14-35-22/h3-9,16,19H,10-15H2,1-2H3,(H,28,34). The predicted octanol–water partition coefficient (Wildman–Crippen LogP) is 4.06. The number of carbonyl (C=O) groups excluding carboxylic acids is 1. The van der Waals surface area contributed by atoms with Gasteiger partial charge in [0.05, 0.1) is 22.5 Å². The Balaban J connectivity index is 1.18. The summed E-state index contributed by atoms with van der Waals surface area (Å²) in [5.74, 6) is 2.10. The number of amides is 1. The Morgan fingerprint density at radius 2 is 1.72 bits per heavy atom. The number of carbonyl (C=O) groups is 1. The molecule has 2 aromatic heterocycles. The van der Waals surface area contributed by atoms with E-state index in [1.807, 2.05) is 60.1 Å². The van der Waals surface area contributed by atoms with Crippen molar-refractivity contribution in [2.45, 2.75) is 26.7 Å². The van der Waals surface area contributed by atoms with Gasteiger partial charge in [-0.2, -0.15) is 10.2 Å². The van der Waals surface area contributed by atoms with E-state index in [1.54, 1.807) is 0 Å². The van der Waals surface area contributed by atoms with Crippen LogP contribution in [-0.4, -0.2) is 52.2 Å². The molecule has 2 aromatic carbocycles. The summed E-state index contributed by atoms with van der Waals surface area (Å²) >= 11 is 0. The molecule has 1 saturated heterocycles. The molecule has 2 aliphatic heterocycles. The van der Waals surface area contributed by atoms with Crippen LogP contribution in [0.3, 0.4) is 0 Å². The Kier molecular flexibility index (Phi) is 5.67. The quantitative estimate of drug-likeness (QED) is 0.467. The molecule has 9 heteroatoms. The first-order chi connectivity index (χ1) is 17.6. The highest BCUT2D eigenvalue weighted by Gasteiger charge is 2.28. The van der Waals surface area contributed by atoms with Gasteiger partial charge in [-0.05, 0) is 51.0 Å². The molecular formula is C27H28N6O3. The fraction of sp³-hybridized carbons (Fsp3) is 0.333. The fourth-order valence-corrected chi connectivity index (χ4v) is 5.06. The molecule has 36 heavy (non-hydrogen) atoms. The Bertz CT molecular complexity index is 1430. The number of nitrogens with zero attached hydrogens (tertiary/aromatic N) is 5. The largest absolute Gasteiger partial charge is 0.486 e. The number of piperidine rings is 1. The third-order valence-electron chi connectivity index (χ3n) is 6.96. The van der Waals surface area contributed by atoms with Crippen molar-refractivity contribution in [2.75, 3.05) is 36.5 Å². The molecule has 1 fully saturated rings. The topological polar surface area (TPSA) is 94.4 Å². The van der Waals surface area contributed by atoms with E-state index in [2.05, 4.69) is 27.3 Å². The first kappa shape index (κ1) is 22.3. The number of fused-ring (bicyclic) bond motifs is 2. The van der Waals surface area contributed by atoms with Crippen LogP contribution in [0.2, 0.25) is 0 Å². The summed E-state index contributed by atoms with van der Waals surface area (Å²) in [4.78, 5) is 15.2. The van der Waals surface area contributed by atoms with E-state index in [0.29, 0.717) is 37.8 Å². The van der Waals surface area contributed by atoms with Crippen LogP contribution in [0.15, 0.2) is 48.5 Å². The van der Waals surface area contributed by atoms with Crippen LogP contribution < -0.4 is 19.7 Å². The Hall–Kier alpha value is -4.14. The van der Waals surface area contributed by atoms with Crippen LogP contribution in [0, 0.1) is 19.8 Å². The SMILES string of the molecule is Cc1nnc(N2CCC(C(=O)Nc3ccc4c(c3)OCCO4)CC2)c2nn(-c3ccccc3)c(C)c12. The second kappa shape index (κ2) is 9.14. The van der Waals surface area contributed by atoms with E-state index in [9.17, 15) is 4.79 Å². The maximum absolute atomic E-state index is 13.0. The Morgan fingerprint density at radius 3 is 2.50 bits per heavy atom. The highest BCUT2D eigenvalue weighted by atomic mass is 16.6. The summed E-state index contributed by atoms with van der Waals surface area (Å²) in [6.07, 6.45) is 1.46. The summed E-state index contributed by atoms with van der Waals surface area (Å²) < 4.78 is 13.2. The first-order valence-corrected chi connectivity index (χ1v) is 12.3. The zero-order chi connectivity index (χ0) is 24.6. The fourth-order valence-electron chi connectivity index (χ4n) is 5.06. The van der Waals surface area contributed by atoms with Crippen molar-refractivity contribution < 1.29 is 14.3 Å². The maximum Gasteiger partial charge on any atom is 0.227 e. The minimum atomic E-state index is -0.0769. The minimum Gasteiger partial charge on any atom is -0.486 e. The number of aryl methyl sites for hydroxylation is 2. The third kappa shape index (κ3) is 4.00. The van der Waals surface area contributed by atoms with Gasteiger partial charge in [0, 0.05) is 30.8 Å². The van der Waals surface area contributed by atoms with Gasteiger partial charge >= 0.3 is 0 Å². The lowest BCUT2D eigenvalue weighted by molar-refractivity contribution is -0.120. The molecule has 0 bridgehead atoms. The molecule has 9 nitrogen and oxygen atoms in total. The van der Waals surface area contributed by atoms with E-state index in [1.165, 1.54) is 0 Å². The van der Waals surface area contributed by atoms with Gasteiger partial charge in [-0.25, -0.2) is 4.68 Å². The maximum atomic E-state index is 13.0. The van der Waals surface area contributed by atoms with Gasteiger partial charge in [0.15, 0.2) is 17.3 Å². The van der Waals surface area contributed by atoms with Crippen LogP contribution >= 0.6 is 0 Å². The lowest BCUT2D eigenvalue weighted by Gasteiger charge is -2.32. The zero-order valence-corrected chi connectivity index (χ0v) is 20.4. The van der Waals surface area contributed by atoms with Gasteiger partial charge in [0.1, 0.15) is 18.7 Å². The summed E-state index contributed by atoms with van der Waals surface area (Å²) in [5.41, 5.74) is 4.48. The number of para-hydroxylation sites is 1. The molecule has 6 rings (SSSR count). The Morgan fingerprint density at radius 1 is 0.972 bits per heavy atom. The third-order valence-corrected chi connectivity index (χ3v) is 6.96. The second-order valence-electron chi connectivity index (χ2n) is 9.27. The van der Waals surface area contributed by atoms with Gasteiger partial charge in [0.25, 0.3) is 0 Å². The van der Waals surface area contributed by atoms with E-state index in [-0.39, 0.29) is 11.8 Å². The molecule has 0 unspecified atom stereocenters. The van der Waals surface area contributed by atoms with Crippen LogP contribution in [0.4, 0.5) is 11.5 Å². The highest BCUT2D eigenvalue weighted by Crippen LogP contribution is 2.34. The van der Waals surface area contributed by atoms with Crippen molar-refractivity contribution in [3.8, 4) is 17.2 Å². The minimum absolute atomic E-state index is 0.0238. The number of hydrogen-bond acceptors (Lipinski definition) is 7. The van der Waals surface area contributed by atoms with Crippen molar-refractivity contribution >= 4 is 28.3 Å². The molecule has 2 aliphatic rings. The van der Waals surface area contributed by atoms with Crippen LogP contribution in [0.25, 0.3) is 16.6 Å². The number of anilines is 2. The molecule has 1 N–H and O–H groups in total. The first-order valence-electron chi connectivity index (χ1n) is 12.3. The molecular weight excluding hydrogens is 456 g/mol. The van der Waals surface area contributed by atoms with Gasteiger partial charge in [-0.1, -0.05) is 18.2 Å². The van der Waals surface area contributed by atoms with Gasteiger partial charge in [-0.15, -0.1) is 5.10 Å². The molecule has 4 heterocycles. The normalized spacial score (nSPS) is 15.8. The van der Waals surface area contributed by atoms with E-state index in [0.717, 1.165) is 52.3 Å². The van der Waals surface area contributed by atoms with Crippen LogP contribution in [0.1, 0.15) is 24.2 Å². The highest BCUT2D eigenvalue weighted by molar-refractivity contribution is 5.94. The van der Waals surface area contributed by atoms with Crippen molar-refractivity contribution in [3.05, 3.63) is 59.9 Å². The Labute approximate surface area is 209 Å². The predicted molar refractivity (Wildman–Crippen MR) is 137 cm³/mol. The molecule has 0 saturated carbocycles. The second-order valence-corrected chi connectivity index (χ2v) is 9.27. The molecule has 184 valence electrons. The van der Waals surface area contributed by atoms with Gasteiger partial charge < -0.3 is 19.7 Å². The number of benzene rings is 2. The molecule has 0 radical (unpaired) electrons. The van der Waals surface area contributed by atoms with Crippen molar-refractivity contribution in [2.24, 2.45) is 5.92 Å². The average molecular weight is 485 g/mol. The summed E-state index contributed by atoms with van der Waals surface area (Å²) in [6.45, 7) is 6.52. The number of nitrogens with one attached hydrogen (secondary N) is 1. The smallest absolute Gasteiger partial charge is 0.227 e. The molecule has 4 aromatic rings. The number of aromatic nitrogens is 4. The molecule has 0 spiro atoms. The average Bonchev–Trinajstić information content (AvgIpc) is 3.27. The number of ether oxygens (including phenoxy) is 2. The van der Waals surface area contributed by atoms with Gasteiger partial charge in [-0.3, -0.25) is 4.79 Å². The summed E-state index contributed by atoms with van der Waals surface area (Å²) in [5, 5.41) is 18.0. The van der Waals surface area contributed by atoms with Gasteiger partial charge in [0.2, 0.25) is 5.91 Å². The van der Waals surface area contributed by atoms with Crippen LogP contribution in [-0.2, 0) is 4.79 Å². The van der Waals surface area contributed by atoms with Crippen molar-refractivity contribution in [1.29, 1.82) is 0 Å². The van der Waals surface area contributed by atoms with Crippen molar-refractivity contribution in [1.82, 2.24) is 20.0 Å². The van der Waals surface area contributed by atoms with E-state index >= 15 is 0 Å². The van der Waals surface area contributed by atoms with E-state index < -0.39 is 0 Å². The molecule has 1 amide bonds. The zero-order valence-electron chi connectivity index (χ0n) is 20.4. The summed E-state index contributed by atoms with van der Waals surface area (Å²) in [6, 6.07) is 15.6. The lowest BCUT2D eigenvalue weighted by Crippen LogP contribution is -2.38. The lowest BCUT2D eigenvalue weighted by atomic mass is 9.95. The van der Waals surface area contributed by atoms with Crippen LogP contribution in [0.5, 0.6) is 11.5 Å².